The Labute approximate surface area is 128 Å². The Hall–Kier alpha value is -2.77. The first-order chi connectivity index (χ1) is 10.5. The fraction of sp³-hybridized carbons (Fsp3) is 0.357. The van der Waals surface area contributed by atoms with Gasteiger partial charge in [0.05, 0.1) is 32.2 Å². The van der Waals surface area contributed by atoms with Crippen molar-refractivity contribution in [2.24, 2.45) is 7.05 Å². The highest BCUT2D eigenvalue weighted by Gasteiger charge is 2.11. The number of ether oxygens (including phenoxy) is 2. The van der Waals surface area contributed by atoms with Crippen LogP contribution in [-0.2, 0) is 13.6 Å². The number of nitrogens with one attached hydrogen (secondary N) is 2. The van der Waals surface area contributed by atoms with Crippen molar-refractivity contribution in [1.82, 2.24) is 20.1 Å². The van der Waals surface area contributed by atoms with Gasteiger partial charge in [-0.05, 0) is 19.1 Å². The molecular weight excluding hydrogens is 286 g/mol. The summed E-state index contributed by atoms with van der Waals surface area (Å²) in [5, 5.41) is 9.66. The Morgan fingerprint density at radius 1 is 1.32 bits per heavy atom. The van der Waals surface area contributed by atoms with Gasteiger partial charge in [0.15, 0.2) is 0 Å². The van der Waals surface area contributed by atoms with E-state index in [9.17, 15) is 4.79 Å². The Balaban J connectivity index is 1.98. The third kappa shape index (κ3) is 3.66. The van der Waals surface area contributed by atoms with Crippen LogP contribution in [0.1, 0.15) is 11.4 Å². The maximum atomic E-state index is 12.0. The van der Waals surface area contributed by atoms with Gasteiger partial charge in [0.2, 0.25) is 11.8 Å². The number of carbonyl (C=O) groups excluding carboxylic acids is 1. The highest BCUT2D eigenvalue weighted by molar-refractivity contribution is 5.90. The molecular formula is C14H19N5O3. The minimum atomic E-state index is -0.357. The Kier molecular flexibility index (Phi) is 4.82. The van der Waals surface area contributed by atoms with Crippen molar-refractivity contribution in [3.05, 3.63) is 29.6 Å². The largest absolute Gasteiger partial charge is 0.481 e. The number of anilines is 1. The summed E-state index contributed by atoms with van der Waals surface area (Å²) >= 11 is 0. The van der Waals surface area contributed by atoms with Crippen LogP contribution in [0.2, 0.25) is 0 Å². The first-order valence-electron chi connectivity index (χ1n) is 6.67. The average Bonchev–Trinajstić information content (AvgIpc) is 2.83. The molecule has 0 fully saturated rings. The molecule has 2 rings (SSSR count). The van der Waals surface area contributed by atoms with Crippen LogP contribution in [0, 0.1) is 6.92 Å². The molecule has 2 aromatic rings. The van der Waals surface area contributed by atoms with Crippen LogP contribution in [0.25, 0.3) is 0 Å². The summed E-state index contributed by atoms with van der Waals surface area (Å²) in [4.78, 5) is 16.1. The number of hydrogen-bond donors (Lipinski definition) is 2. The summed E-state index contributed by atoms with van der Waals surface area (Å²) < 4.78 is 11.9. The van der Waals surface area contributed by atoms with E-state index in [0.29, 0.717) is 18.1 Å². The number of aryl methyl sites for hydroxylation is 2. The Bertz CT molecular complexity index is 668. The van der Waals surface area contributed by atoms with E-state index in [0.717, 1.165) is 11.4 Å². The third-order valence-corrected chi connectivity index (χ3v) is 3.01. The molecule has 2 heterocycles. The smallest absolute Gasteiger partial charge is 0.319 e. The zero-order chi connectivity index (χ0) is 16.1. The number of carbonyl (C=O) groups is 1. The SMILES string of the molecule is COc1ccc(NC(=O)NCc2cc(C)nn2C)c(OC)n1. The summed E-state index contributed by atoms with van der Waals surface area (Å²) in [5.41, 5.74) is 2.27. The molecule has 22 heavy (non-hydrogen) atoms. The van der Waals surface area contributed by atoms with Gasteiger partial charge in [-0.1, -0.05) is 0 Å². The molecule has 2 aromatic heterocycles. The average molecular weight is 305 g/mol. The fourth-order valence-electron chi connectivity index (χ4n) is 1.95. The van der Waals surface area contributed by atoms with Crippen LogP contribution in [0.4, 0.5) is 10.5 Å². The second-order valence-corrected chi connectivity index (χ2v) is 4.62. The highest BCUT2D eigenvalue weighted by atomic mass is 16.5. The van der Waals surface area contributed by atoms with Gasteiger partial charge in [0.25, 0.3) is 0 Å². The third-order valence-electron chi connectivity index (χ3n) is 3.01. The number of pyridine rings is 1. The Morgan fingerprint density at radius 2 is 2.09 bits per heavy atom. The molecule has 2 N–H and O–H groups in total. The molecule has 0 unspecified atom stereocenters. The van der Waals surface area contributed by atoms with E-state index in [1.807, 2.05) is 20.0 Å². The minimum absolute atomic E-state index is 0.283. The van der Waals surface area contributed by atoms with Gasteiger partial charge in [0, 0.05) is 13.1 Å². The van der Waals surface area contributed by atoms with Crippen LogP contribution in [0.15, 0.2) is 18.2 Å². The first-order valence-corrected chi connectivity index (χ1v) is 6.67. The molecule has 0 saturated carbocycles. The van der Waals surface area contributed by atoms with Gasteiger partial charge in [-0.15, -0.1) is 0 Å². The zero-order valence-electron chi connectivity index (χ0n) is 13.0. The lowest BCUT2D eigenvalue weighted by atomic mass is 10.3. The van der Waals surface area contributed by atoms with Crippen molar-refractivity contribution < 1.29 is 14.3 Å². The molecule has 0 spiro atoms. The van der Waals surface area contributed by atoms with E-state index in [4.69, 9.17) is 9.47 Å². The van der Waals surface area contributed by atoms with E-state index in [1.54, 1.807) is 16.8 Å². The predicted octanol–water partition coefficient (Wildman–Crippen LogP) is 1.46. The number of hydrogen-bond acceptors (Lipinski definition) is 5. The van der Waals surface area contributed by atoms with Crippen molar-refractivity contribution in [1.29, 1.82) is 0 Å². The van der Waals surface area contributed by atoms with Crippen LogP contribution < -0.4 is 20.1 Å². The quantitative estimate of drug-likeness (QED) is 0.873. The van der Waals surface area contributed by atoms with Crippen molar-refractivity contribution in [2.45, 2.75) is 13.5 Å². The predicted molar refractivity (Wildman–Crippen MR) is 81.1 cm³/mol. The van der Waals surface area contributed by atoms with Gasteiger partial charge < -0.3 is 20.1 Å². The van der Waals surface area contributed by atoms with Gasteiger partial charge in [0.1, 0.15) is 5.69 Å². The second-order valence-electron chi connectivity index (χ2n) is 4.62. The van der Waals surface area contributed by atoms with Gasteiger partial charge >= 0.3 is 6.03 Å². The molecule has 118 valence electrons. The first kappa shape index (κ1) is 15.6. The number of amides is 2. The van der Waals surface area contributed by atoms with Crippen LogP contribution in [-0.4, -0.2) is 35.0 Å². The molecule has 0 aliphatic carbocycles. The summed E-state index contributed by atoms with van der Waals surface area (Å²) in [6.45, 7) is 2.27. The number of aromatic nitrogens is 3. The summed E-state index contributed by atoms with van der Waals surface area (Å²) in [7, 11) is 4.82. The van der Waals surface area contributed by atoms with Gasteiger partial charge in [-0.2, -0.15) is 10.1 Å². The van der Waals surface area contributed by atoms with Crippen LogP contribution >= 0.6 is 0 Å². The number of nitrogens with zero attached hydrogens (tertiary/aromatic N) is 3. The van der Waals surface area contributed by atoms with Crippen LogP contribution in [0.5, 0.6) is 11.8 Å². The van der Waals surface area contributed by atoms with Crippen molar-refractivity contribution >= 4 is 11.7 Å². The number of rotatable bonds is 5. The van der Waals surface area contributed by atoms with E-state index in [1.165, 1.54) is 14.2 Å². The number of urea groups is 1. The monoisotopic (exact) mass is 305 g/mol. The standard InChI is InChI=1S/C14H19N5O3/c1-9-7-10(19(2)18-9)8-15-14(20)16-11-5-6-12(21-3)17-13(11)22-4/h5-7H,8H2,1-4H3,(H2,15,16,20). The highest BCUT2D eigenvalue weighted by Crippen LogP contribution is 2.24. The second kappa shape index (κ2) is 6.79. The minimum Gasteiger partial charge on any atom is -0.481 e. The summed E-state index contributed by atoms with van der Waals surface area (Å²) in [6, 6.07) is 4.86. The lowest BCUT2D eigenvalue weighted by molar-refractivity contribution is 0.251. The molecule has 8 nitrogen and oxygen atoms in total. The topological polar surface area (TPSA) is 90.3 Å². The molecule has 8 heteroatoms. The lowest BCUT2D eigenvalue weighted by Gasteiger charge is -2.11. The van der Waals surface area contributed by atoms with Crippen molar-refractivity contribution in [2.75, 3.05) is 19.5 Å². The maximum absolute atomic E-state index is 12.0. The summed E-state index contributed by atoms with van der Waals surface area (Å²) in [6.07, 6.45) is 0. The fourth-order valence-corrected chi connectivity index (χ4v) is 1.95. The van der Waals surface area contributed by atoms with Crippen LogP contribution in [0.3, 0.4) is 0 Å². The van der Waals surface area contributed by atoms with E-state index in [-0.39, 0.29) is 11.9 Å². The van der Waals surface area contributed by atoms with Crippen molar-refractivity contribution in [3.8, 4) is 11.8 Å². The molecule has 0 radical (unpaired) electrons. The normalized spacial score (nSPS) is 10.2. The number of methoxy groups -OCH3 is 2. The maximum Gasteiger partial charge on any atom is 0.319 e. The van der Waals surface area contributed by atoms with Crippen molar-refractivity contribution in [3.63, 3.8) is 0 Å². The zero-order valence-corrected chi connectivity index (χ0v) is 13.0. The molecule has 0 atom stereocenters. The van der Waals surface area contributed by atoms with E-state index in [2.05, 4.69) is 20.7 Å². The van der Waals surface area contributed by atoms with E-state index < -0.39 is 0 Å². The Morgan fingerprint density at radius 3 is 2.68 bits per heavy atom. The molecule has 0 bridgehead atoms. The molecule has 0 aromatic carbocycles. The molecule has 0 aliphatic heterocycles. The summed E-state index contributed by atoms with van der Waals surface area (Å²) in [5.74, 6) is 0.694. The molecule has 0 saturated heterocycles. The van der Waals surface area contributed by atoms with Gasteiger partial charge in [-0.25, -0.2) is 4.79 Å². The van der Waals surface area contributed by atoms with E-state index >= 15 is 0 Å². The molecule has 2 amide bonds. The lowest BCUT2D eigenvalue weighted by Crippen LogP contribution is -2.29. The van der Waals surface area contributed by atoms with Gasteiger partial charge in [-0.3, -0.25) is 4.68 Å². The molecule has 0 aliphatic rings.